The molecule has 0 atom stereocenters. The maximum atomic E-state index is 12.5. The zero-order valence-corrected chi connectivity index (χ0v) is 15.8. The van der Waals surface area contributed by atoms with Crippen molar-refractivity contribution >= 4 is 16.6 Å². The summed E-state index contributed by atoms with van der Waals surface area (Å²) in [6.07, 6.45) is 2.60. The molecule has 0 unspecified atom stereocenters. The van der Waals surface area contributed by atoms with Crippen molar-refractivity contribution in [2.24, 2.45) is 0 Å². The Morgan fingerprint density at radius 2 is 1.85 bits per heavy atom. The van der Waals surface area contributed by atoms with E-state index in [1.807, 2.05) is 12.1 Å². The minimum atomic E-state index is -0.0550. The summed E-state index contributed by atoms with van der Waals surface area (Å²) in [7, 11) is 0. The minimum Gasteiger partial charge on any atom is -0.369 e. The third kappa shape index (κ3) is 2.57. The van der Waals surface area contributed by atoms with Crippen molar-refractivity contribution in [3.05, 3.63) is 58.0 Å². The molecule has 2 aliphatic rings. The second-order valence-electron chi connectivity index (χ2n) is 7.80. The largest absolute Gasteiger partial charge is 0.369 e. The summed E-state index contributed by atoms with van der Waals surface area (Å²) in [5.41, 5.74) is 6.65. The molecule has 1 aromatic carbocycles. The van der Waals surface area contributed by atoms with Crippen molar-refractivity contribution in [1.29, 1.82) is 0 Å². The number of aromatic amines is 1. The van der Waals surface area contributed by atoms with E-state index in [0.717, 1.165) is 54.9 Å². The lowest BCUT2D eigenvalue weighted by atomic mass is 10.1. The Morgan fingerprint density at radius 3 is 2.63 bits per heavy atom. The average Bonchev–Trinajstić information content (AvgIpc) is 3.07. The van der Waals surface area contributed by atoms with Crippen molar-refractivity contribution in [3.8, 4) is 11.3 Å². The van der Waals surface area contributed by atoms with Gasteiger partial charge in [0, 0.05) is 61.7 Å². The van der Waals surface area contributed by atoms with E-state index in [1.54, 1.807) is 6.20 Å². The lowest BCUT2D eigenvalue weighted by molar-refractivity contribution is 0.209. The number of aromatic nitrogens is 2. The van der Waals surface area contributed by atoms with Crippen LogP contribution in [0.3, 0.4) is 0 Å². The van der Waals surface area contributed by atoms with E-state index >= 15 is 0 Å². The summed E-state index contributed by atoms with van der Waals surface area (Å²) >= 11 is 0. The van der Waals surface area contributed by atoms with Gasteiger partial charge in [0.15, 0.2) is 0 Å². The number of hydrogen-bond acceptors (Lipinski definition) is 4. The molecule has 1 aliphatic carbocycles. The van der Waals surface area contributed by atoms with Gasteiger partial charge in [-0.2, -0.15) is 0 Å². The van der Waals surface area contributed by atoms with Crippen LogP contribution in [0, 0.1) is 0 Å². The van der Waals surface area contributed by atoms with Crippen LogP contribution in [-0.2, 0) is 6.42 Å². The van der Waals surface area contributed by atoms with Crippen LogP contribution in [0.4, 0.5) is 5.69 Å². The van der Waals surface area contributed by atoms with Crippen LogP contribution in [0.15, 0.2) is 41.3 Å². The number of pyridine rings is 2. The molecule has 0 spiro atoms. The maximum Gasteiger partial charge on any atom is 0.257 e. The molecule has 0 saturated carbocycles. The molecular weight excluding hydrogens is 336 g/mol. The second-order valence-corrected chi connectivity index (χ2v) is 7.80. The monoisotopic (exact) mass is 360 g/mol. The van der Waals surface area contributed by atoms with E-state index < -0.39 is 0 Å². The Morgan fingerprint density at radius 1 is 1.04 bits per heavy atom. The number of fused-ring (bicyclic) bond motifs is 5. The fourth-order valence-corrected chi connectivity index (χ4v) is 4.55. The van der Waals surface area contributed by atoms with Gasteiger partial charge in [-0.1, -0.05) is 12.1 Å². The van der Waals surface area contributed by atoms with Gasteiger partial charge < -0.3 is 9.88 Å². The molecule has 1 aliphatic heterocycles. The van der Waals surface area contributed by atoms with Crippen molar-refractivity contribution in [2.45, 2.75) is 26.3 Å². The van der Waals surface area contributed by atoms with Gasteiger partial charge >= 0.3 is 0 Å². The van der Waals surface area contributed by atoms with Crippen LogP contribution in [0.25, 0.3) is 22.2 Å². The molecule has 1 saturated heterocycles. The molecule has 3 aromatic rings. The van der Waals surface area contributed by atoms with E-state index in [4.69, 9.17) is 0 Å². The predicted molar refractivity (Wildman–Crippen MR) is 110 cm³/mol. The van der Waals surface area contributed by atoms with Crippen LogP contribution in [0.2, 0.25) is 0 Å². The number of H-pyrrole nitrogens is 1. The summed E-state index contributed by atoms with van der Waals surface area (Å²) < 4.78 is 0. The Labute approximate surface area is 158 Å². The molecule has 3 heterocycles. The molecular formula is C22H24N4O. The van der Waals surface area contributed by atoms with E-state index in [9.17, 15) is 4.79 Å². The van der Waals surface area contributed by atoms with E-state index in [0.29, 0.717) is 11.4 Å². The topological polar surface area (TPSA) is 52.2 Å². The Hall–Kier alpha value is -2.66. The van der Waals surface area contributed by atoms with Crippen LogP contribution in [-0.4, -0.2) is 47.1 Å². The third-order valence-corrected chi connectivity index (χ3v) is 6.04. The zero-order valence-electron chi connectivity index (χ0n) is 15.8. The highest BCUT2D eigenvalue weighted by Crippen LogP contribution is 2.41. The summed E-state index contributed by atoms with van der Waals surface area (Å²) in [6.45, 7) is 8.80. The van der Waals surface area contributed by atoms with Crippen LogP contribution < -0.4 is 10.5 Å². The molecule has 1 fully saturated rings. The maximum absolute atomic E-state index is 12.5. The lowest BCUT2D eigenvalue weighted by Gasteiger charge is -2.38. The van der Waals surface area contributed by atoms with Crippen molar-refractivity contribution in [2.75, 3.05) is 31.1 Å². The molecule has 27 heavy (non-hydrogen) atoms. The van der Waals surface area contributed by atoms with E-state index in [2.05, 4.69) is 51.8 Å². The molecule has 5 nitrogen and oxygen atoms in total. The fraction of sp³-hybridized carbons (Fsp3) is 0.364. The van der Waals surface area contributed by atoms with Crippen LogP contribution in [0.5, 0.6) is 0 Å². The molecule has 0 amide bonds. The summed E-state index contributed by atoms with van der Waals surface area (Å²) in [4.78, 5) is 25.2. The molecule has 5 rings (SSSR count). The van der Waals surface area contributed by atoms with Gasteiger partial charge in [-0.25, -0.2) is 0 Å². The molecule has 2 aromatic heterocycles. The number of anilines is 1. The number of rotatable bonds is 2. The van der Waals surface area contributed by atoms with E-state index in [1.165, 1.54) is 11.3 Å². The quantitative estimate of drug-likeness (QED) is 0.597. The molecule has 138 valence electrons. The normalized spacial score (nSPS) is 16.8. The summed E-state index contributed by atoms with van der Waals surface area (Å²) in [6, 6.07) is 10.7. The average molecular weight is 360 g/mol. The highest BCUT2D eigenvalue weighted by Gasteiger charge is 2.28. The van der Waals surface area contributed by atoms with Crippen molar-refractivity contribution in [3.63, 3.8) is 0 Å². The van der Waals surface area contributed by atoms with Gasteiger partial charge in [0.1, 0.15) is 0 Å². The van der Waals surface area contributed by atoms with Gasteiger partial charge in [-0.05, 0) is 37.6 Å². The SMILES string of the molecule is CC(C)N1CCN(c2cccc3c2Cc2c-3[nH]c(=O)c3cccnc23)CC1. The first kappa shape index (κ1) is 16.5. The number of piperazine rings is 1. The first-order valence-electron chi connectivity index (χ1n) is 9.74. The predicted octanol–water partition coefficient (Wildman–Crippen LogP) is 3.02. The Kier molecular flexibility index (Phi) is 3.79. The smallest absolute Gasteiger partial charge is 0.257 e. The minimum absolute atomic E-state index is 0.0550. The zero-order chi connectivity index (χ0) is 18.5. The van der Waals surface area contributed by atoms with Gasteiger partial charge in [-0.15, -0.1) is 0 Å². The van der Waals surface area contributed by atoms with Crippen molar-refractivity contribution in [1.82, 2.24) is 14.9 Å². The van der Waals surface area contributed by atoms with Gasteiger partial charge in [0.2, 0.25) is 0 Å². The summed E-state index contributed by atoms with van der Waals surface area (Å²) in [5, 5.41) is 0.677. The highest BCUT2D eigenvalue weighted by atomic mass is 16.1. The second kappa shape index (κ2) is 6.20. The van der Waals surface area contributed by atoms with Gasteiger partial charge in [-0.3, -0.25) is 14.7 Å². The first-order valence-corrected chi connectivity index (χ1v) is 9.74. The Balaban J connectivity index is 1.57. The fourth-order valence-electron chi connectivity index (χ4n) is 4.55. The Bertz CT molecular complexity index is 1080. The number of hydrogen-bond donors (Lipinski definition) is 1. The molecule has 0 bridgehead atoms. The van der Waals surface area contributed by atoms with Crippen molar-refractivity contribution < 1.29 is 0 Å². The van der Waals surface area contributed by atoms with E-state index in [-0.39, 0.29) is 5.56 Å². The van der Waals surface area contributed by atoms with Gasteiger partial charge in [0.05, 0.1) is 16.6 Å². The molecule has 0 radical (unpaired) electrons. The number of benzene rings is 1. The first-order chi connectivity index (χ1) is 13.1. The van der Waals surface area contributed by atoms with Crippen LogP contribution in [0.1, 0.15) is 25.0 Å². The molecule has 1 N–H and O–H groups in total. The summed E-state index contributed by atoms with van der Waals surface area (Å²) in [5.74, 6) is 0. The number of nitrogens with zero attached hydrogens (tertiary/aromatic N) is 3. The number of nitrogens with one attached hydrogen (secondary N) is 1. The standard InChI is InChI=1S/C22H24N4O/c1-14(2)25-9-11-26(12-10-25)19-7-3-5-15-17(19)13-18-20-16(6-4-8-23-20)22(27)24-21(15)18/h3-8,14H,9-13H2,1-2H3,(H,24,27). The third-order valence-electron chi connectivity index (χ3n) is 6.04. The van der Waals surface area contributed by atoms with Gasteiger partial charge in [0.25, 0.3) is 5.56 Å². The molecule has 5 heteroatoms. The lowest BCUT2D eigenvalue weighted by Crippen LogP contribution is -2.49. The van der Waals surface area contributed by atoms with Crippen LogP contribution >= 0.6 is 0 Å². The highest BCUT2D eigenvalue weighted by molar-refractivity contribution is 5.91.